The van der Waals surface area contributed by atoms with Crippen molar-refractivity contribution in [2.24, 2.45) is 11.8 Å². The summed E-state index contributed by atoms with van der Waals surface area (Å²) in [7, 11) is 0. The Morgan fingerprint density at radius 1 is 1.09 bits per heavy atom. The Labute approximate surface area is 192 Å². The number of anilines is 1. The molecule has 0 aliphatic carbocycles. The molecule has 3 amide bonds. The molecular weight excluding hydrogens is 402 g/mol. The van der Waals surface area contributed by atoms with Crippen LogP contribution in [0.4, 0.5) is 5.69 Å². The summed E-state index contributed by atoms with van der Waals surface area (Å²) in [5.41, 5.74) is 2.11. The second-order valence-corrected chi connectivity index (χ2v) is 9.37. The highest BCUT2D eigenvalue weighted by molar-refractivity contribution is 6.01. The summed E-state index contributed by atoms with van der Waals surface area (Å²) in [5, 5.41) is 3.04. The molecule has 2 fully saturated rings. The van der Waals surface area contributed by atoms with E-state index < -0.39 is 0 Å². The van der Waals surface area contributed by atoms with Crippen LogP contribution in [0.1, 0.15) is 77.2 Å². The normalized spacial score (nSPS) is 20.5. The maximum atomic E-state index is 13.2. The van der Waals surface area contributed by atoms with Crippen LogP contribution in [0, 0.1) is 11.8 Å². The van der Waals surface area contributed by atoms with E-state index in [1.165, 1.54) is 5.56 Å². The first kappa shape index (κ1) is 24.3. The van der Waals surface area contributed by atoms with Gasteiger partial charge in [0.05, 0.1) is 5.92 Å². The van der Waals surface area contributed by atoms with Gasteiger partial charge in [0.1, 0.15) is 0 Å². The lowest BCUT2D eigenvalue weighted by molar-refractivity contribution is -0.139. The second kappa shape index (κ2) is 11.5. The Kier molecular flexibility index (Phi) is 8.71. The number of nitrogens with zero attached hydrogens (tertiary/aromatic N) is 2. The molecule has 0 bridgehead atoms. The van der Waals surface area contributed by atoms with Gasteiger partial charge in [-0.25, -0.2) is 0 Å². The minimum absolute atomic E-state index is 0.00945. The molecule has 2 heterocycles. The number of rotatable bonds is 9. The highest BCUT2D eigenvalue weighted by atomic mass is 16.2. The molecular formula is C26H39N3O3. The number of para-hydroxylation sites is 1. The van der Waals surface area contributed by atoms with Gasteiger partial charge >= 0.3 is 0 Å². The Hall–Kier alpha value is -2.37. The number of nitrogens with one attached hydrogen (secondary N) is 1. The van der Waals surface area contributed by atoms with Crippen LogP contribution in [0.25, 0.3) is 0 Å². The van der Waals surface area contributed by atoms with Crippen LogP contribution < -0.4 is 10.2 Å². The van der Waals surface area contributed by atoms with Crippen molar-refractivity contribution in [3.05, 3.63) is 29.8 Å². The third-order valence-corrected chi connectivity index (χ3v) is 7.10. The van der Waals surface area contributed by atoms with Crippen LogP contribution in [0.2, 0.25) is 0 Å². The van der Waals surface area contributed by atoms with Gasteiger partial charge in [0.15, 0.2) is 0 Å². The summed E-state index contributed by atoms with van der Waals surface area (Å²) in [5.74, 6) is 0.263. The molecule has 2 unspecified atom stereocenters. The lowest BCUT2D eigenvalue weighted by Gasteiger charge is -2.33. The quantitative estimate of drug-likeness (QED) is 0.587. The van der Waals surface area contributed by atoms with Crippen molar-refractivity contribution < 1.29 is 14.4 Å². The van der Waals surface area contributed by atoms with Gasteiger partial charge in [0.2, 0.25) is 17.7 Å². The zero-order valence-corrected chi connectivity index (χ0v) is 19.9. The largest absolute Gasteiger partial charge is 0.356 e. The Bertz CT molecular complexity index is 801. The van der Waals surface area contributed by atoms with E-state index in [2.05, 4.69) is 32.2 Å². The molecule has 1 aromatic rings. The molecule has 1 N–H and O–H groups in total. The first-order chi connectivity index (χ1) is 15.5. The van der Waals surface area contributed by atoms with Gasteiger partial charge in [-0.1, -0.05) is 51.8 Å². The summed E-state index contributed by atoms with van der Waals surface area (Å²) >= 11 is 0. The van der Waals surface area contributed by atoms with E-state index in [1.54, 1.807) is 4.90 Å². The minimum Gasteiger partial charge on any atom is -0.356 e. The van der Waals surface area contributed by atoms with E-state index in [0.29, 0.717) is 38.4 Å². The van der Waals surface area contributed by atoms with Gasteiger partial charge in [-0.15, -0.1) is 0 Å². The van der Waals surface area contributed by atoms with Gasteiger partial charge in [-0.05, 0) is 43.2 Å². The fraction of sp³-hybridized carbons (Fsp3) is 0.654. The van der Waals surface area contributed by atoms with E-state index in [4.69, 9.17) is 0 Å². The molecule has 3 rings (SSSR count). The Balaban J connectivity index is 1.54. The van der Waals surface area contributed by atoms with Crippen molar-refractivity contribution in [1.82, 2.24) is 10.2 Å². The predicted octanol–water partition coefficient (Wildman–Crippen LogP) is 4.10. The summed E-state index contributed by atoms with van der Waals surface area (Å²) in [6.45, 7) is 8.85. The first-order valence-electron chi connectivity index (χ1n) is 12.4. The maximum absolute atomic E-state index is 13.2. The lowest BCUT2D eigenvalue weighted by atomic mass is 9.94. The third kappa shape index (κ3) is 5.70. The number of amides is 3. The smallest absolute Gasteiger partial charge is 0.228 e. The van der Waals surface area contributed by atoms with Crippen LogP contribution in [-0.2, 0) is 14.4 Å². The fourth-order valence-corrected chi connectivity index (χ4v) is 4.83. The molecule has 6 nitrogen and oxygen atoms in total. The highest BCUT2D eigenvalue weighted by Crippen LogP contribution is 2.34. The van der Waals surface area contributed by atoms with Crippen molar-refractivity contribution in [1.29, 1.82) is 0 Å². The van der Waals surface area contributed by atoms with Gasteiger partial charge in [0, 0.05) is 44.2 Å². The average molecular weight is 442 g/mol. The average Bonchev–Trinajstić information content (AvgIpc) is 3.22. The molecule has 0 radical (unpaired) electrons. The number of hydrogen-bond acceptors (Lipinski definition) is 3. The number of likely N-dealkylation sites (tertiary alicyclic amines) is 1. The SMILES string of the molecule is CCCCCNC(=O)C1CCN(C(=O)C2CC(=O)N(c3ccccc3C(C)CC)C2)CC1. The van der Waals surface area contributed by atoms with E-state index in [-0.39, 0.29) is 36.0 Å². The summed E-state index contributed by atoms with van der Waals surface area (Å²) in [6, 6.07) is 8.06. The van der Waals surface area contributed by atoms with Gasteiger partial charge in [-0.2, -0.15) is 0 Å². The molecule has 0 saturated carbocycles. The van der Waals surface area contributed by atoms with Crippen LogP contribution in [0.15, 0.2) is 24.3 Å². The first-order valence-corrected chi connectivity index (χ1v) is 12.4. The lowest BCUT2D eigenvalue weighted by Crippen LogP contribution is -2.45. The fourth-order valence-electron chi connectivity index (χ4n) is 4.83. The monoisotopic (exact) mass is 441 g/mol. The van der Waals surface area contributed by atoms with Crippen molar-refractivity contribution >= 4 is 23.4 Å². The van der Waals surface area contributed by atoms with Crippen LogP contribution in [-0.4, -0.2) is 48.8 Å². The number of carbonyl (C=O) groups is 3. The topological polar surface area (TPSA) is 69.7 Å². The van der Waals surface area contributed by atoms with Gasteiger partial charge < -0.3 is 15.1 Å². The molecule has 2 saturated heterocycles. The molecule has 176 valence electrons. The molecule has 0 spiro atoms. The number of benzene rings is 1. The van der Waals surface area contributed by atoms with Crippen LogP contribution >= 0.6 is 0 Å². The summed E-state index contributed by atoms with van der Waals surface area (Å²) in [4.78, 5) is 42.0. The zero-order chi connectivity index (χ0) is 23.1. The Morgan fingerprint density at radius 3 is 2.50 bits per heavy atom. The van der Waals surface area contributed by atoms with Gasteiger partial charge in [0.25, 0.3) is 0 Å². The standard InChI is InChI=1S/C26H39N3O3/c1-4-6-9-14-27-25(31)20-12-15-28(16-13-20)26(32)21-17-24(30)29(18-21)23-11-8-7-10-22(23)19(3)5-2/h7-8,10-11,19-21H,4-6,9,12-18H2,1-3H3,(H,27,31). The van der Waals surface area contributed by atoms with Crippen molar-refractivity contribution in [3.63, 3.8) is 0 Å². The van der Waals surface area contributed by atoms with Crippen molar-refractivity contribution in [2.75, 3.05) is 31.1 Å². The van der Waals surface area contributed by atoms with E-state index in [0.717, 1.165) is 37.9 Å². The van der Waals surface area contributed by atoms with Crippen LogP contribution in [0.3, 0.4) is 0 Å². The summed E-state index contributed by atoms with van der Waals surface area (Å²) < 4.78 is 0. The Morgan fingerprint density at radius 2 is 1.81 bits per heavy atom. The molecule has 32 heavy (non-hydrogen) atoms. The molecule has 2 aliphatic rings. The predicted molar refractivity (Wildman–Crippen MR) is 127 cm³/mol. The number of hydrogen-bond donors (Lipinski definition) is 1. The molecule has 0 aromatic heterocycles. The number of piperidine rings is 1. The van der Waals surface area contributed by atoms with Crippen molar-refractivity contribution in [2.45, 2.75) is 71.6 Å². The molecule has 2 aliphatic heterocycles. The zero-order valence-electron chi connectivity index (χ0n) is 19.9. The van der Waals surface area contributed by atoms with E-state index in [1.807, 2.05) is 23.1 Å². The highest BCUT2D eigenvalue weighted by Gasteiger charge is 2.39. The minimum atomic E-state index is -0.299. The van der Waals surface area contributed by atoms with E-state index >= 15 is 0 Å². The molecule has 6 heteroatoms. The van der Waals surface area contributed by atoms with Gasteiger partial charge in [-0.3, -0.25) is 14.4 Å². The maximum Gasteiger partial charge on any atom is 0.228 e. The number of carbonyl (C=O) groups excluding carboxylic acids is 3. The molecule has 2 atom stereocenters. The van der Waals surface area contributed by atoms with Crippen LogP contribution in [0.5, 0.6) is 0 Å². The van der Waals surface area contributed by atoms with Crippen molar-refractivity contribution in [3.8, 4) is 0 Å². The third-order valence-electron chi connectivity index (χ3n) is 7.10. The summed E-state index contributed by atoms with van der Waals surface area (Å²) in [6.07, 6.45) is 5.96. The molecule has 1 aromatic carbocycles. The van der Waals surface area contributed by atoms with E-state index in [9.17, 15) is 14.4 Å². The number of unbranched alkanes of at least 4 members (excludes halogenated alkanes) is 2. The second-order valence-electron chi connectivity index (χ2n) is 9.37.